The number of amides is 2. The molecule has 2 amide bonds. The van der Waals surface area contributed by atoms with Crippen LogP contribution in [-0.4, -0.2) is 28.6 Å². The van der Waals surface area contributed by atoms with Gasteiger partial charge in [-0.15, -0.1) is 5.10 Å². The molecule has 2 rings (SSSR count). The van der Waals surface area contributed by atoms with Crippen LogP contribution in [0.2, 0.25) is 0 Å². The number of nitrogens with one attached hydrogen (secondary N) is 3. The molecule has 8 heteroatoms. The number of H-pyrrole nitrogens is 1. The van der Waals surface area contributed by atoms with Crippen LogP contribution in [0.25, 0.3) is 11.5 Å². The minimum absolute atomic E-state index is 0.105. The van der Waals surface area contributed by atoms with Crippen LogP contribution >= 0.6 is 0 Å². The van der Waals surface area contributed by atoms with Gasteiger partial charge in [0.1, 0.15) is 0 Å². The predicted octanol–water partition coefficient (Wildman–Crippen LogP) is 1.13. The van der Waals surface area contributed by atoms with Crippen LogP contribution in [-0.2, 0) is 9.59 Å². The van der Waals surface area contributed by atoms with Gasteiger partial charge in [0.2, 0.25) is 17.7 Å². The van der Waals surface area contributed by atoms with E-state index < -0.39 is 11.2 Å². The zero-order valence-electron chi connectivity index (χ0n) is 13.1. The molecule has 0 unspecified atom stereocenters. The highest BCUT2D eigenvalue weighted by Gasteiger charge is 2.21. The molecule has 2 aromatic rings. The maximum Gasteiger partial charge on any atom is 0.434 e. The van der Waals surface area contributed by atoms with Gasteiger partial charge >= 0.3 is 5.76 Å². The van der Waals surface area contributed by atoms with E-state index in [1.54, 1.807) is 45.0 Å². The van der Waals surface area contributed by atoms with Gasteiger partial charge in [-0.25, -0.2) is 9.89 Å². The Kier molecular flexibility index (Phi) is 4.63. The fourth-order valence-electron chi connectivity index (χ4n) is 1.68. The highest BCUT2D eigenvalue weighted by molar-refractivity contribution is 5.95. The molecule has 1 aromatic heterocycles. The van der Waals surface area contributed by atoms with Gasteiger partial charge in [-0.05, 0) is 24.3 Å². The van der Waals surface area contributed by atoms with E-state index in [9.17, 15) is 14.4 Å². The monoisotopic (exact) mass is 318 g/mol. The van der Waals surface area contributed by atoms with Crippen molar-refractivity contribution in [3.05, 3.63) is 34.8 Å². The van der Waals surface area contributed by atoms with E-state index >= 15 is 0 Å². The summed E-state index contributed by atoms with van der Waals surface area (Å²) in [7, 11) is 0. The summed E-state index contributed by atoms with van der Waals surface area (Å²) >= 11 is 0. The van der Waals surface area contributed by atoms with Crippen LogP contribution in [0.3, 0.4) is 0 Å². The summed E-state index contributed by atoms with van der Waals surface area (Å²) in [6, 6.07) is 6.60. The third-order valence-electron chi connectivity index (χ3n) is 2.94. The average Bonchev–Trinajstić information content (AvgIpc) is 2.91. The molecule has 0 saturated carbocycles. The molecule has 0 spiro atoms. The second kappa shape index (κ2) is 6.47. The van der Waals surface area contributed by atoms with Gasteiger partial charge in [0.25, 0.3) is 0 Å². The Balaban J connectivity index is 1.92. The Morgan fingerprint density at radius 1 is 1.22 bits per heavy atom. The van der Waals surface area contributed by atoms with Crippen molar-refractivity contribution in [2.45, 2.75) is 20.8 Å². The molecule has 0 aliphatic heterocycles. The van der Waals surface area contributed by atoms with E-state index in [4.69, 9.17) is 4.42 Å². The average molecular weight is 318 g/mol. The quantitative estimate of drug-likeness (QED) is 0.781. The zero-order chi connectivity index (χ0) is 17.0. The summed E-state index contributed by atoms with van der Waals surface area (Å²) in [4.78, 5) is 34.4. The Bertz CT molecular complexity index is 753. The summed E-state index contributed by atoms with van der Waals surface area (Å²) in [6.07, 6.45) is 0. The summed E-state index contributed by atoms with van der Waals surface area (Å²) in [5.74, 6) is -0.990. The van der Waals surface area contributed by atoms with E-state index in [-0.39, 0.29) is 24.2 Å². The number of rotatable bonds is 4. The summed E-state index contributed by atoms with van der Waals surface area (Å²) in [5.41, 5.74) is 0.610. The lowest BCUT2D eigenvalue weighted by molar-refractivity contribution is -0.130. The summed E-state index contributed by atoms with van der Waals surface area (Å²) in [5, 5.41) is 11.1. The number of carbonyl (C=O) groups excluding carboxylic acids is 2. The molecule has 0 atom stereocenters. The predicted molar refractivity (Wildman–Crippen MR) is 83.7 cm³/mol. The van der Waals surface area contributed by atoms with Gasteiger partial charge in [-0.3, -0.25) is 9.59 Å². The number of aromatic amines is 1. The number of nitrogens with zero attached hydrogens (tertiary/aromatic N) is 1. The Morgan fingerprint density at radius 3 is 2.39 bits per heavy atom. The fourth-order valence-corrected chi connectivity index (χ4v) is 1.68. The van der Waals surface area contributed by atoms with Crippen LogP contribution in [0.1, 0.15) is 20.8 Å². The summed E-state index contributed by atoms with van der Waals surface area (Å²) in [6.45, 7) is 5.21. The number of carbonyl (C=O) groups is 2. The molecule has 0 bridgehead atoms. The van der Waals surface area contributed by atoms with E-state index in [2.05, 4.69) is 20.8 Å². The molecule has 0 fully saturated rings. The maximum atomic E-state index is 11.8. The third-order valence-corrected chi connectivity index (χ3v) is 2.94. The first-order valence-corrected chi connectivity index (χ1v) is 7.00. The van der Waals surface area contributed by atoms with Crippen molar-refractivity contribution in [2.75, 3.05) is 11.9 Å². The lowest BCUT2D eigenvalue weighted by atomic mass is 9.96. The molecule has 122 valence electrons. The normalized spacial score (nSPS) is 11.1. The smallest absolute Gasteiger partial charge is 0.388 e. The number of anilines is 1. The summed E-state index contributed by atoms with van der Waals surface area (Å²) < 4.78 is 4.83. The molecule has 0 saturated heterocycles. The Labute approximate surface area is 132 Å². The van der Waals surface area contributed by atoms with Crippen molar-refractivity contribution >= 4 is 17.5 Å². The lowest BCUT2D eigenvalue weighted by Crippen LogP contribution is -2.39. The standard InChI is InChI=1S/C15H18N4O4/c1-15(2,3)13(21)16-8-11(20)17-10-6-4-9(5-7-10)12-18-19-14(22)23-12/h4-7H,8H2,1-3H3,(H,16,21)(H,17,20)(H,19,22). The van der Waals surface area contributed by atoms with Crippen molar-refractivity contribution in [3.63, 3.8) is 0 Å². The minimum atomic E-state index is -0.632. The first-order valence-electron chi connectivity index (χ1n) is 7.00. The van der Waals surface area contributed by atoms with Crippen LogP contribution in [0.4, 0.5) is 5.69 Å². The van der Waals surface area contributed by atoms with Gasteiger partial charge in [-0.1, -0.05) is 20.8 Å². The number of hydrogen-bond donors (Lipinski definition) is 3. The van der Waals surface area contributed by atoms with Crippen molar-refractivity contribution in [1.29, 1.82) is 0 Å². The van der Waals surface area contributed by atoms with E-state index in [0.717, 1.165) is 0 Å². The minimum Gasteiger partial charge on any atom is -0.388 e. The second-order valence-corrected chi connectivity index (χ2v) is 5.98. The van der Waals surface area contributed by atoms with Crippen LogP contribution in [0.5, 0.6) is 0 Å². The molecule has 23 heavy (non-hydrogen) atoms. The number of aromatic nitrogens is 2. The molecular formula is C15H18N4O4. The fraction of sp³-hybridized carbons (Fsp3) is 0.333. The number of hydrogen-bond acceptors (Lipinski definition) is 5. The molecule has 1 aromatic carbocycles. The van der Waals surface area contributed by atoms with Crippen molar-refractivity contribution in [3.8, 4) is 11.5 Å². The van der Waals surface area contributed by atoms with Crippen molar-refractivity contribution in [2.24, 2.45) is 5.41 Å². The topological polar surface area (TPSA) is 117 Å². The lowest BCUT2D eigenvalue weighted by Gasteiger charge is -2.17. The van der Waals surface area contributed by atoms with Gasteiger partial charge in [0, 0.05) is 16.7 Å². The molecule has 0 aliphatic rings. The second-order valence-electron chi connectivity index (χ2n) is 5.98. The Hall–Kier alpha value is -2.90. The highest BCUT2D eigenvalue weighted by Crippen LogP contribution is 2.18. The largest absolute Gasteiger partial charge is 0.434 e. The maximum absolute atomic E-state index is 11.8. The van der Waals surface area contributed by atoms with E-state index in [0.29, 0.717) is 11.3 Å². The first kappa shape index (κ1) is 16.5. The van der Waals surface area contributed by atoms with Crippen LogP contribution in [0.15, 0.2) is 33.5 Å². The van der Waals surface area contributed by atoms with Gasteiger partial charge in [0.15, 0.2) is 0 Å². The third kappa shape index (κ3) is 4.53. The van der Waals surface area contributed by atoms with Crippen LogP contribution in [0, 0.1) is 5.41 Å². The highest BCUT2D eigenvalue weighted by atomic mass is 16.4. The van der Waals surface area contributed by atoms with Crippen LogP contribution < -0.4 is 16.4 Å². The molecule has 3 N–H and O–H groups in total. The Morgan fingerprint density at radius 2 is 1.87 bits per heavy atom. The van der Waals surface area contributed by atoms with E-state index in [1.165, 1.54) is 0 Å². The van der Waals surface area contributed by atoms with Crippen molar-refractivity contribution in [1.82, 2.24) is 15.5 Å². The molecule has 8 nitrogen and oxygen atoms in total. The molecule has 0 aliphatic carbocycles. The molecular weight excluding hydrogens is 300 g/mol. The van der Waals surface area contributed by atoms with Gasteiger partial charge < -0.3 is 15.1 Å². The zero-order valence-corrected chi connectivity index (χ0v) is 13.1. The molecule has 1 heterocycles. The van der Waals surface area contributed by atoms with Crippen molar-refractivity contribution < 1.29 is 14.0 Å². The SMILES string of the molecule is CC(C)(C)C(=O)NCC(=O)Nc1ccc(-c2n[nH]c(=O)o2)cc1. The van der Waals surface area contributed by atoms with Gasteiger partial charge in [0.05, 0.1) is 6.54 Å². The van der Waals surface area contributed by atoms with E-state index in [1.807, 2.05) is 0 Å². The number of benzene rings is 1. The molecule has 0 radical (unpaired) electrons. The first-order chi connectivity index (χ1) is 10.8. The van der Waals surface area contributed by atoms with Gasteiger partial charge in [-0.2, -0.15) is 0 Å².